The molecule has 0 saturated carbocycles. The van der Waals surface area contributed by atoms with Crippen LogP contribution in [0.2, 0.25) is 5.02 Å². The second kappa shape index (κ2) is 8.86. The first-order valence-corrected chi connectivity index (χ1v) is 11.1. The minimum absolute atomic E-state index is 0.272. The number of hydrogen-bond donors (Lipinski definition) is 1. The number of nitrogens with zero attached hydrogens (tertiary/aromatic N) is 4. The molecule has 0 unspecified atom stereocenters. The zero-order chi connectivity index (χ0) is 23.8. The maximum absolute atomic E-state index is 13.1. The van der Waals surface area contributed by atoms with Crippen molar-refractivity contribution in [1.82, 2.24) is 19.4 Å². The smallest absolute Gasteiger partial charge is 0.417 e. The summed E-state index contributed by atoms with van der Waals surface area (Å²) in [6.07, 6.45) is 1.59. The monoisotopic (exact) mass is 467 g/mol. The average molecular weight is 468 g/mol. The molecule has 0 aliphatic carbocycles. The summed E-state index contributed by atoms with van der Waals surface area (Å²) in [5.74, 6) is 0.106. The molecule has 0 spiro atoms. The molecule has 1 aliphatic rings. The fraction of sp³-hybridized carbons (Fsp3) is 0.333. The number of ether oxygens (including phenoxy) is 1. The van der Waals surface area contributed by atoms with Gasteiger partial charge in [0, 0.05) is 43.5 Å². The molecular formula is C24H26ClN5O3. The van der Waals surface area contributed by atoms with Crippen LogP contribution in [0.25, 0.3) is 11.4 Å². The van der Waals surface area contributed by atoms with Crippen molar-refractivity contribution in [3.63, 3.8) is 0 Å². The number of halogens is 1. The minimum atomic E-state index is -0.672. The summed E-state index contributed by atoms with van der Waals surface area (Å²) in [4.78, 5) is 35.6. The lowest BCUT2D eigenvalue weighted by atomic mass is 10.1. The Morgan fingerprint density at radius 2 is 2.03 bits per heavy atom. The largest absolute Gasteiger partial charge is 0.443 e. The molecule has 172 valence electrons. The van der Waals surface area contributed by atoms with Gasteiger partial charge in [0.05, 0.1) is 17.0 Å². The quantitative estimate of drug-likeness (QED) is 0.599. The van der Waals surface area contributed by atoms with Gasteiger partial charge < -0.3 is 14.6 Å². The van der Waals surface area contributed by atoms with E-state index in [1.165, 1.54) is 0 Å². The zero-order valence-electron chi connectivity index (χ0n) is 19.1. The summed E-state index contributed by atoms with van der Waals surface area (Å²) in [6, 6.07) is 11.1. The first-order valence-electron chi connectivity index (χ1n) is 10.7. The highest BCUT2D eigenvalue weighted by molar-refractivity contribution is 6.30. The molecule has 1 aromatic carbocycles. The van der Waals surface area contributed by atoms with Gasteiger partial charge in [0.25, 0.3) is 5.91 Å². The Kier molecular flexibility index (Phi) is 6.12. The van der Waals surface area contributed by atoms with E-state index in [1.54, 1.807) is 39.1 Å². The topological polar surface area (TPSA) is 89.3 Å². The van der Waals surface area contributed by atoms with Crippen LogP contribution >= 0.6 is 11.6 Å². The van der Waals surface area contributed by atoms with Crippen molar-refractivity contribution in [2.24, 2.45) is 7.05 Å². The van der Waals surface area contributed by atoms with Crippen LogP contribution < -0.4 is 5.32 Å². The van der Waals surface area contributed by atoms with Crippen LogP contribution in [0.4, 0.5) is 10.7 Å². The second-order valence-electron chi connectivity index (χ2n) is 8.89. The van der Waals surface area contributed by atoms with Gasteiger partial charge in [0.15, 0.2) is 0 Å². The highest BCUT2D eigenvalue weighted by atomic mass is 35.5. The summed E-state index contributed by atoms with van der Waals surface area (Å²) >= 11 is 6.05. The van der Waals surface area contributed by atoms with E-state index >= 15 is 0 Å². The maximum Gasteiger partial charge on any atom is 0.417 e. The molecule has 33 heavy (non-hydrogen) atoms. The normalized spacial score (nSPS) is 13.6. The standard InChI is InChI=1S/C24H26ClN5O3/c1-24(2,3)33-23(32)30-11-9-19-17(21(30)31)13-20(29(19)4)18-8-10-26-22(28-18)27-14-15-6-5-7-16(25)12-15/h5-8,10,12-13H,9,11,14H2,1-4H3,(H,26,27,28). The Morgan fingerprint density at radius 3 is 2.76 bits per heavy atom. The number of rotatable bonds is 4. The number of nitrogens with one attached hydrogen (secondary N) is 1. The third kappa shape index (κ3) is 5.01. The molecule has 2 aromatic heterocycles. The van der Waals surface area contributed by atoms with Gasteiger partial charge in [-0.05, 0) is 50.6 Å². The van der Waals surface area contributed by atoms with Crippen LogP contribution in [-0.2, 0) is 24.8 Å². The van der Waals surface area contributed by atoms with Crippen molar-refractivity contribution in [2.45, 2.75) is 39.3 Å². The minimum Gasteiger partial charge on any atom is -0.443 e. The van der Waals surface area contributed by atoms with Crippen molar-refractivity contribution in [2.75, 3.05) is 11.9 Å². The molecule has 3 aromatic rings. The third-order valence-corrected chi connectivity index (χ3v) is 5.51. The lowest BCUT2D eigenvalue weighted by Gasteiger charge is -2.28. The highest BCUT2D eigenvalue weighted by Crippen LogP contribution is 2.29. The lowest BCUT2D eigenvalue weighted by molar-refractivity contribution is 0.0232. The van der Waals surface area contributed by atoms with Crippen molar-refractivity contribution >= 4 is 29.5 Å². The number of fused-ring (bicyclic) bond motifs is 1. The lowest BCUT2D eigenvalue weighted by Crippen LogP contribution is -2.44. The number of imide groups is 1. The van der Waals surface area contributed by atoms with Crippen LogP contribution in [0, 0.1) is 0 Å². The number of hydrogen-bond acceptors (Lipinski definition) is 6. The van der Waals surface area contributed by atoms with Crippen molar-refractivity contribution < 1.29 is 14.3 Å². The van der Waals surface area contributed by atoms with Gasteiger partial charge in [0.1, 0.15) is 5.60 Å². The fourth-order valence-corrected chi connectivity index (χ4v) is 3.96. The van der Waals surface area contributed by atoms with E-state index < -0.39 is 11.7 Å². The van der Waals surface area contributed by atoms with Gasteiger partial charge in [-0.15, -0.1) is 0 Å². The van der Waals surface area contributed by atoms with E-state index in [4.69, 9.17) is 16.3 Å². The van der Waals surface area contributed by atoms with Gasteiger partial charge in [-0.25, -0.2) is 19.7 Å². The van der Waals surface area contributed by atoms with E-state index in [0.29, 0.717) is 35.2 Å². The molecule has 0 radical (unpaired) electrons. The molecule has 1 N–H and O–H groups in total. The predicted molar refractivity (Wildman–Crippen MR) is 126 cm³/mol. The predicted octanol–water partition coefficient (Wildman–Crippen LogP) is 4.68. The third-order valence-electron chi connectivity index (χ3n) is 5.28. The summed E-state index contributed by atoms with van der Waals surface area (Å²) in [5.41, 5.74) is 3.13. The number of amides is 2. The Bertz CT molecular complexity index is 1220. The van der Waals surface area contributed by atoms with E-state index in [1.807, 2.05) is 35.9 Å². The van der Waals surface area contributed by atoms with Crippen molar-refractivity contribution in [1.29, 1.82) is 0 Å². The highest BCUT2D eigenvalue weighted by Gasteiger charge is 2.34. The fourth-order valence-electron chi connectivity index (χ4n) is 3.75. The van der Waals surface area contributed by atoms with E-state index in [-0.39, 0.29) is 12.5 Å². The number of carbonyl (C=O) groups is 2. The van der Waals surface area contributed by atoms with Crippen LogP contribution in [0.1, 0.15) is 42.4 Å². The Hall–Kier alpha value is -3.39. The molecular weight excluding hydrogens is 442 g/mol. The molecule has 0 fully saturated rings. The SMILES string of the molecule is Cn1c(-c2ccnc(NCc3cccc(Cl)c3)n2)cc2c1CCN(C(=O)OC(C)(C)C)C2=O. The zero-order valence-corrected chi connectivity index (χ0v) is 19.8. The molecule has 0 atom stereocenters. The van der Waals surface area contributed by atoms with Gasteiger partial charge in [-0.2, -0.15) is 0 Å². The molecule has 4 rings (SSSR count). The van der Waals surface area contributed by atoms with Crippen molar-refractivity contribution in [3.05, 3.63) is 64.4 Å². The molecule has 8 nitrogen and oxygen atoms in total. The summed E-state index contributed by atoms with van der Waals surface area (Å²) in [5, 5.41) is 3.88. The van der Waals surface area contributed by atoms with Crippen molar-refractivity contribution in [3.8, 4) is 11.4 Å². The molecule has 1 aliphatic heterocycles. The number of aromatic nitrogens is 3. The molecule has 9 heteroatoms. The van der Waals surface area contributed by atoms with Crippen LogP contribution in [0.5, 0.6) is 0 Å². The maximum atomic E-state index is 13.1. The summed E-state index contributed by atoms with van der Waals surface area (Å²) in [7, 11) is 1.89. The van der Waals surface area contributed by atoms with E-state index in [0.717, 1.165) is 21.9 Å². The number of benzene rings is 1. The van der Waals surface area contributed by atoms with E-state index in [2.05, 4.69) is 15.3 Å². The number of carbonyl (C=O) groups excluding carboxylic acids is 2. The summed E-state index contributed by atoms with van der Waals surface area (Å²) < 4.78 is 7.34. The Labute approximate surface area is 197 Å². The van der Waals surface area contributed by atoms with Crippen LogP contribution in [0.3, 0.4) is 0 Å². The Balaban J connectivity index is 1.56. The van der Waals surface area contributed by atoms with Gasteiger partial charge in [-0.1, -0.05) is 23.7 Å². The van der Waals surface area contributed by atoms with Gasteiger partial charge >= 0.3 is 6.09 Å². The first-order chi connectivity index (χ1) is 15.6. The molecule has 0 saturated heterocycles. The first kappa shape index (κ1) is 22.8. The van der Waals surface area contributed by atoms with Crippen LogP contribution in [0.15, 0.2) is 42.6 Å². The average Bonchev–Trinajstić information content (AvgIpc) is 3.09. The molecule has 2 amide bonds. The molecule has 0 bridgehead atoms. The molecule has 3 heterocycles. The van der Waals surface area contributed by atoms with Crippen LogP contribution in [-0.4, -0.2) is 43.6 Å². The number of anilines is 1. The van der Waals surface area contributed by atoms with Gasteiger partial charge in [-0.3, -0.25) is 4.79 Å². The van der Waals surface area contributed by atoms with Gasteiger partial charge in [0.2, 0.25) is 5.95 Å². The summed E-state index contributed by atoms with van der Waals surface area (Å²) in [6.45, 7) is 6.13. The second-order valence-corrected chi connectivity index (χ2v) is 9.32. The Morgan fingerprint density at radius 1 is 1.24 bits per heavy atom. The van der Waals surface area contributed by atoms with E-state index in [9.17, 15) is 9.59 Å².